The number of alkyl halides is 3. The molecule has 1 saturated carbocycles. The van der Waals surface area contributed by atoms with Crippen LogP contribution in [0.2, 0.25) is 0 Å². The van der Waals surface area contributed by atoms with E-state index in [4.69, 9.17) is 25.1 Å². The summed E-state index contributed by atoms with van der Waals surface area (Å²) in [7, 11) is -3.43. The number of nitrogens with two attached hydrogens (primary N) is 1. The Morgan fingerprint density at radius 3 is 2.39 bits per heavy atom. The lowest BCUT2D eigenvalue weighted by Gasteiger charge is -2.23. The maximum Gasteiger partial charge on any atom is 0.490 e. The highest BCUT2D eigenvalue weighted by Gasteiger charge is 2.39. The van der Waals surface area contributed by atoms with Crippen molar-refractivity contribution in [1.29, 1.82) is 0 Å². The number of carboxylic acids is 1. The van der Waals surface area contributed by atoms with Crippen molar-refractivity contribution in [3.8, 4) is 11.5 Å². The van der Waals surface area contributed by atoms with E-state index in [9.17, 15) is 26.4 Å². The number of nitrogens with one attached hydrogen (secondary N) is 2. The third-order valence-corrected chi connectivity index (χ3v) is 9.52. The number of amides is 1. The quantitative estimate of drug-likeness (QED) is 0.148. The fourth-order valence-corrected chi connectivity index (χ4v) is 6.65. The second-order valence-electron chi connectivity index (χ2n) is 11.3. The molecule has 5 rings (SSSR count). The number of hydrogen-bond donors (Lipinski definition) is 4. The van der Waals surface area contributed by atoms with E-state index in [1.165, 1.54) is 0 Å². The molecule has 1 atom stereocenters. The van der Waals surface area contributed by atoms with Gasteiger partial charge >= 0.3 is 12.1 Å². The molecule has 262 valence electrons. The van der Waals surface area contributed by atoms with E-state index in [2.05, 4.69) is 20.8 Å². The van der Waals surface area contributed by atoms with Crippen LogP contribution in [0, 0.1) is 0 Å². The number of fused-ring (bicyclic) bond motifs is 1. The Labute approximate surface area is 280 Å². The zero-order valence-electron chi connectivity index (χ0n) is 26.8. The predicted octanol–water partition coefficient (Wildman–Crippen LogP) is 5.44. The second-order valence-corrected chi connectivity index (χ2v) is 13.5. The molecule has 4 aromatic rings. The van der Waals surface area contributed by atoms with Crippen LogP contribution in [0.25, 0.3) is 10.8 Å². The van der Waals surface area contributed by atoms with Crippen molar-refractivity contribution in [1.82, 2.24) is 15.5 Å². The largest absolute Gasteiger partial charge is 0.490 e. The fourth-order valence-electron chi connectivity index (χ4n) is 4.76. The van der Waals surface area contributed by atoms with Crippen LogP contribution in [0.5, 0.6) is 11.5 Å². The number of sulfone groups is 1. The number of halogens is 3. The molecule has 3 aromatic carbocycles. The standard InChI is InChI=1S/C31H35N5O5S.C2HF3O2/c1-4-40-27-16-20(9-14-26(27)41-19(2)3)29(35-23-10-13-25-22(15-23)18-34-36-30(25)32)31(37)33-17-21-7-5-6-8-28(21)42(38,39)24-11-12-24;3-2(4,5)1(6)7/h5-10,13-16,18-19,24,29,35H,4,11-12,17H2,1-3H3,(H2,32,36)(H,33,37);(H,6,7). The molecule has 16 heteroatoms. The van der Waals surface area contributed by atoms with Crippen molar-refractivity contribution >= 4 is 44.0 Å². The molecule has 0 bridgehead atoms. The molecule has 12 nitrogen and oxygen atoms in total. The van der Waals surface area contributed by atoms with E-state index in [1.54, 1.807) is 42.6 Å². The zero-order valence-corrected chi connectivity index (χ0v) is 27.6. The van der Waals surface area contributed by atoms with Gasteiger partial charge in [-0.05, 0) is 81.1 Å². The Bertz CT molecular complexity index is 1920. The van der Waals surface area contributed by atoms with Gasteiger partial charge in [0, 0.05) is 23.0 Å². The van der Waals surface area contributed by atoms with Crippen molar-refractivity contribution in [2.45, 2.75) is 68.6 Å². The third-order valence-electron chi connectivity index (χ3n) is 7.16. The number of ether oxygens (including phenoxy) is 2. The van der Waals surface area contributed by atoms with E-state index in [1.807, 2.05) is 45.0 Å². The average Bonchev–Trinajstić information content (AvgIpc) is 3.90. The minimum absolute atomic E-state index is 0.0514. The summed E-state index contributed by atoms with van der Waals surface area (Å²) >= 11 is 0. The summed E-state index contributed by atoms with van der Waals surface area (Å²) in [6.45, 7) is 6.21. The maximum atomic E-state index is 13.8. The Morgan fingerprint density at radius 1 is 1.06 bits per heavy atom. The van der Waals surface area contributed by atoms with Crippen molar-refractivity contribution < 1.29 is 45.8 Å². The number of aliphatic carboxylic acids is 1. The van der Waals surface area contributed by atoms with Crippen molar-refractivity contribution in [3.05, 3.63) is 78.0 Å². The van der Waals surface area contributed by atoms with Gasteiger partial charge in [-0.25, -0.2) is 13.2 Å². The first-order valence-electron chi connectivity index (χ1n) is 15.2. The van der Waals surface area contributed by atoms with Crippen LogP contribution in [0.15, 0.2) is 71.8 Å². The average molecular weight is 704 g/mol. The highest BCUT2D eigenvalue weighted by Crippen LogP contribution is 2.36. The summed E-state index contributed by atoms with van der Waals surface area (Å²) in [5.74, 6) is -1.69. The second kappa shape index (κ2) is 15.4. The minimum atomic E-state index is -5.08. The highest BCUT2D eigenvalue weighted by atomic mass is 32.2. The molecule has 1 aliphatic carbocycles. The number of rotatable bonds is 12. The first-order valence-corrected chi connectivity index (χ1v) is 16.8. The molecule has 1 aliphatic rings. The fraction of sp³-hybridized carbons (Fsp3) is 0.333. The van der Waals surface area contributed by atoms with Crippen molar-refractivity contribution in [2.24, 2.45) is 0 Å². The van der Waals surface area contributed by atoms with Gasteiger partial charge in [-0.1, -0.05) is 24.3 Å². The number of nitrogen functional groups attached to an aromatic ring is 1. The molecule has 1 amide bonds. The molecule has 0 radical (unpaired) electrons. The number of nitrogens with zero attached hydrogens (tertiary/aromatic N) is 2. The summed E-state index contributed by atoms with van der Waals surface area (Å²) < 4.78 is 69.6. The van der Waals surface area contributed by atoms with Crippen LogP contribution < -0.4 is 25.8 Å². The van der Waals surface area contributed by atoms with Gasteiger partial charge in [0.25, 0.3) is 0 Å². The molecule has 1 aromatic heterocycles. The summed E-state index contributed by atoms with van der Waals surface area (Å²) in [5, 5.41) is 22.4. The molecule has 1 fully saturated rings. The normalized spacial score (nSPS) is 13.6. The number of carbonyl (C=O) groups excluding carboxylic acids is 1. The molecular formula is C33H36F3N5O7S. The van der Waals surface area contributed by atoms with E-state index in [0.29, 0.717) is 53.6 Å². The van der Waals surface area contributed by atoms with Crippen LogP contribution in [0.3, 0.4) is 0 Å². The summed E-state index contributed by atoms with van der Waals surface area (Å²) in [4.78, 5) is 23.0. The number of carboxylic acid groups (broad SMARTS) is 1. The van der Waals surface area contributed by atoms with Crippen LogP contribution in [-0.4, -0.2) is 59.7 Å². The first kappa shape index (κ1) is 36.7. The van der Waals surface area contributed by atoms with Gasteiger partial charge in [0.1, 0.15) is 6.04 Å². The summed E-state index contributed by atoms with van der Waals surface area (Å²) in [6, 6.07) is 16.8. The van der Waals surface area contributed by atoms with E-state index in [0.717, 1.165) is 10.8 Å². The van der Waals surface area contributed by atoms with Crippen LogP contribution >= 0.6 is 0 Å². The predicted molar refractivity (Wildman–Crippen MR) is 176 cm³/mol. The Hall–Kier alpha value is -5.12. The maximum absolute atomic E-state index is 13.8. The third kappa shape index (κ3) is 9.49. The van der Waals surface area contributed by atoms with Gasteiger partial charge in [-0.15, -0.1) is 5.10 Å². The smallest absolute Gasteiger partial charge is 0.490 e. The molecule has 1 heterocycles. The van der Waals surface area contributed by atoms with E-state index >= 15 is 0 Å². The van der Waals surface area contributed by atoms with Crippen molar-refractivity contribution in [3.63, 3.8) is 0 Å². The molecule has 0 saturated heterocycles. The monoisotopic (exact) mass is 703 g/mol. The Balaban J connectivity index is 0.000000698. The van der Waals surface area contributed by atoms with E-state index < -0.39 is 28.0 Å². The Morgan fingerprint density at radius 2 is 1.76 bits per heavy atom. The molecule has 1 unspecified atom stereocenters. The number of hydrogen-bond acceptors (Lipinski definition) is 10. The van der Waals surface area contributed by atoms with Crippen LogP contribution in [-0.2, 0) is 26.0 Å². The number of benzene rings is 3. The lowest BCUT2D eigenvalue weighted by molar-refractivity contribution is -0.192. The van der Waals surface area contributed by atoms with Crippen LogP contribution in [0.1, 0.15) is 50.8 Å². The molecule has 5 N–H and O–H groups in total. The SMILES string of the molecule is CCOc1cc(C(Nc2ccc3c(N)nncc3c2)C(=O)NCc2ccccc2S(=O)(=O)C2CC2)ccc1OC(C)C.O=C(O)C(F)(F)F. The van der Waals surface area contributed by atoms with Gasteiger partial charge < -0.3 is 30.9 Å². The Kier molecular flexibility index (Phi) is 11.5. The molecule has 0 spiro atoms. The van der Waals surface area contributed by atoms with Gasteiger partial charge in [-0.2, -0.15) is 18.3 Å². The van der Waals surface area contributed by atoms with Crippen LogP contribution in [0.4, 0.5) is 24.7 Å². The van der Waals surface area contributed by atoms with Gasteiger partial charge in [0.15, 0.2) is 27.2 Å². The lowest BCUT2D eigenvalue weighted by atomic mass is 10.0. The van der Waals surface area contributed by atoms with Crippen molar-refractivity contribution in [2.75, 3.05) is 17.7 Å². The molecule has 49 heavy (non-hydrogen) atoms. The topological polar surface area (TPSA) is 183 Å². The lowest BCUT2D eigenvalue weighted by Crippen LogP contribution is -2.33. The number of carbonyl (C=O) groups is 2. The minimum Gasteiger partial charge on any atom is -0.490 e. The summed E-state index contributed by atoms with van der Waals surface area (Å²) in [5.41, 5.74) is 7.82. The highest BCUT2D eigenvalue weighted by molar-refractivity contribution is 7.92. The van der Waals surface area contributed by atoms with E-state index in [-0.39, 0.29) is 28.7 Å². The van der Waals surface area contributed by atoms with Gasteiger partial charge in [0.2, 0.25) is 5.91 Å². The first-order chi connectivity index (χ1) is 23.1. The summed E-state index contributed by atoms with van der Waals surface area (Å²) in [6.07, 6.45) is -2.21. The number of anilines is 2. The van der Waals surface area contributed by atoms with Gasteiger partial charge in [-0.3, -0.25) is 4.79 Å². The molecule has 0 aliphatic heterocycles. The van der Waals surface area contributed by atoms with Gasteiger partial charge in [0.05, 0.1) is 29.1 Å². The molecular weight excluding hydrogens is 667 g/mol. The zero-order chi connectivity index (χ0) is 35.9. The number of aromatic nitrogens is 2.